The van der Waals surface area contributed by atoms with Gasteiger partial charge >= 0.3 is 10.1 Å². The molecule has 2 aromatic rings. The summed E-state index contributed by atoms with van der Waals surface area (Å²) in [5.74, 6) is 0.485. The van der Waals surface area contributed by atoms with Gasteiger partial charge in [0.25, 0.3) is 5.69 Å². The van der Waals surface area contributed by atoms with E-state index in [0.717, 1.165) is 11.6 Å². The Morgan fingerprint density at radius 1 is 1.09 bits per heavy atom. The number of nitrogens with zero attached hydrogens (tertiary/aromatic N) is 1. The van der Waals surface area contributed by atoms with E-state index in [4.69, 9.17) is 4.18 Å². The fraction of sp³-hybridized carbons (Fsp3) is 0.200. The van der Waals surface area contributed by atoms with E-state index < -0.39 is 15.0 Å². The number of hydrogen-bond donors (Lipinski definition) is 0. The molecular weight excluding hydrogens is 306 g/mol. The van der Waals surface area contributed by atoms with E-state index in [-0.39, 0.29) is 16.3 Å². The number of non-ortho nitro benzene ring substituents is 1. The van der Waals surface area contributed by atoms with Crippen molar-refractivity contribution in [3.8, 4) is 5.75 Å². The van der Waals surface area contributed by atoms with Crippen LogP contribution in [-0.2, 0) is 10.1 Å². The maximum atomic E-state index is 12.2. The van der Waals surface area contributed by atoms with Crippen LogP contribution in [0.1, 0.15) is 25.3 Å². The zero-order valence-electron chi connectivity index (χ0n) is 12.1. The molecule has 0 bridgehead atoms. The lowest BCUT2D eigenvalue weighted by atomic mass is 10.0. The fourth-order valence-electron chi connectivity index (χ4n) is 1.84. The van der Waals surface area contributed by atoms with Crippen molar-refractivity contribution in [2.24, 2.45) is 0 Å². The summed E-state index contributed by atoms with van der Waals surface area (Å²) in [6, 6.07) is 11.4. The smallest absolute Gasteiger partial charge is 0.339 e. The molecule has 0 aliphatic carbocycles. The Bertz CT molecular complexity index is 782. The van der Waals surface area contributed by atoms with Crippen molar-refractivity contribution in [3.63, 3.8) is 0 Å². The lowest BCUT2D eigenvalue weighted by Crippen LogP contribution is -2.10. The number of benzene rings is 2. The topological polar surface area (TPSA) is 86.5 Å². The quantitative estimate of drug-likeness (QED) is 0.478. The minimum atomic E-state index is -4.11. The number of nitro benzene ring substituents is 1. The molecule has 6 nitrogen and oxygen atoms in total. The van der Waals surface area contributed by atoms with Gasteiger partial charge in [-0.3, -0.25) is 10.1 Å². The molecule has 0 saturated carbocycles. The molecule has 0 heterocycles. The first-order valence-corrected chi connectivity index (χ1v) is 7.99. The van der Waals surface area contributed by atoms with Crippen LogP contribution in [0.25, 0.3) is 0 Å². The van der Waals surface area contributed by atoms with Gasteiger partial charge in [-0.2, -0.15) is 8.42 Å². The first-order valence-electron chi connectivity index (χ1n) is 6.58. The summed E-state index contributed by atoms with van der Waals surface area (Å²) in [5.41, 5.74) is 0.750. The Morgan fingerprint density at radius 3 is 2.27 bits per heavy atom. The Morgan fingerprint density at radius 2 is 1.73 bits per heavy atom. The van der Waals surface area contributed by atoms with Crippen LogP contribution in [0.4, 0.5) is 5.69 Å². The van der Waals surface area contributed by atoms with Gasteiger partial charge in [-0.15, -0.1) is 0 Å². The van der Waals surface area contributed by atoms with E-state index in [1.165, 1.54) is 18.2 Å². The van der Waals surface area contributed by atoms with E-state index in [1.54, 1.807) is 24.3 Å². The molecule has 7 heteroatoms. The minimum absolute atomic E-state index is 0.163. The number of hydrogen-bond acceptors (Lipinski definition) is 5. The minimum Gasteiger partial charge on any atom is -0.379 e. The van der Waals surface area contributed by atoms with E-state index in [0.29, 0.717) is 5.92 Å². The second kappa shape index (κ2) is 6.15. The summed E-state index contributed by atoms with van der Waals surface area (Å²) in [5, 5.41) is 10.7. The third kappa shape index (κ3) is 3.62. The molecule has 0 amide bonds. The van der Waals surface area contributed by atoms with Crippen molar-refractivity contribution in [2.75, 3.05) is 0 Å². The Labute approximate surface area is 128 Å². The predicted octanol–water partition coefficient (Wildman–Crippen LogP) is 3.49. The standard InChI is InChI=1S/C15H15NO5S/c1-11(2)12-6-8-14(9-7-12)21-22(19,20)15-5-3-4-13(10-15)16(17)18/h3-11H,1-2H3. The van der Waals surface area contributed by atoms with E-state index in [9.17, 15) is 18.5 Å². The summed E-state index contributed by atoms with van der Waals surface area (Å²) < 4.78 is 29.3. The zero-order chi connectivity index (χ0) is 16.3. The van der Waals surface area contributed by atoms with Gasteiger partial charge < -0.3 is 4.18 Å². The summed E-state index contributed by atoms with van der Waals surface area (Å²) in [7, 11) is -4.11. The maximum Gasteiger partial charge on any atom is 0.339 e. The maximum absolute atomic E-state index is 12.2. The second-order valence-corrected chi connectivity index (χ2v) is 6.56. The first kappa shape index (κ1) is 16.0. The van der Waals surface area contributed by atoms with Crippen molar-refractivity contribution in [1.29, 1.82) is 0 Å². The molecule has 0 saturated heterocycles. The molecule has 2 rings (SSSR count). The molecule has 0 spiro atoms. The highest BCUT2D eigenvalue weighted by Gasteiger charge is 2.19. The zero-order valence-corrected chi connectivity index (χ0v) is 12.9. The van der Waals surface area contributed by atoms with E-state index >= 15 is 0 Å². The predicted molar refractivity (Wildman–Crippen MR) is 81.4 cm³/mol. The number of nitro groups is 1. The average molecular weight is 321 g/mol. The van der Waals surface area contributed by atoms with E-state index in [1.807, 2.05) is 13.8 Å². The second-order valence-electron chi connectivity index (χ2n) is 5.02. The van der Waals surface area contributed by atoms with Crippen molar-refractivity contribution >= 4 is 15.8 Å². The van der Waals surface area contributed by atoms with Crippen molar-refractivity contribution in [3.05, 3.63) is 64.2 Å². The van der Waals surface area contributed by atoms with Gasteiger partial charge in [0.2, 0.25) is 0 Å². The van der Waals surface area contributed by atoms with Gasteiger partial charge in [-0.05, 0) is 29.7 Å². The molecule has 0 N–H and O–H groups in total. The highest BCUT2D eigenvalue weighted by molar-refractivity contribution is 7.87. The Kier molecular flexibility index (Phi) is 4.46. The fourth-order valence-corrected chi connectivity index (χ4v) is 2.81. The summed E-state index contributed by atoms with van der Waals surface area (Å²) in [6.07, 6.45) is 0. The van der Waals surface area contributed by atoms with Crippen LogP contribution in [-0.4, -0.2) is 13.3 Å². The van der Waals surface area contributed by atoms with Crippen LogP contribution < -0.4 is 4.18 Å². The molecule has 0 fully saturated rings. The van der Waals surface area contributed by atoms with Gasteiger partial charge in [0.05, 0.1) is 4.92 Å². The molecule has 0 aromatic heterocycles. The largest absolute Gasteiger partial charge is 0.379 e. The number of rotatable bonds is 5. The lowest BCUT2D eigenvalue weighted by Gasteiger charge is -2.09. The monoisotopic (exact) mass is 321 g/mol. The molecule has 0 unspecified atom stereocenters. The van der Waals surface area contributed by atoms with Gasteiger partial charge in [0, 0.05) is 12.1 Å². The van der Waals surface area contributed by atoms with Crippen LogP contribution in [0.3, 0.4) is 0 Å². The average Bonchev–Trinajstić information content (AvgIpc) is 2.47. The summed E-state index contributed by atoms with van der Waals surface area (Å²) in [6.45, 7) is 4.05. The van der Waals surface area contributed by atoms with Crippen LogP contribution in [0, 0.1) is 10.1 Å². The van der Waals surface area contributed by atoms with Crippen LogP contribution in [0.5, 0.6) is 5.75 Å². The van der Waals surface area contributed by atoms with Crippen molar-refractivity contribution in [1.82, 2.24) is 0 Å². The lowest BCUT2D eigenvalue weighted by molar-refractivity contribution is -0.385. The molecule has 22 heavy (non-hydrogen) atoms. The Hall–Kier alpha value is -2.41. The van der Waals surface area contributed by atoms with Crippen molar-refractivity contribution in [2.45, 2.75) is 24.7 Å². The molecule has 2 aromatic carbocycles. The Balaban J connectivity index is 2.27. The highest BCUT2D eigenvalue weighted by Crippen LogP contribution is 2.23. The normalized spacial score (nSPS) is 11.4. The molecule has 0 radical (unpaired) electrons. The van der Waals surface area contributed by atoms with Crippen LogP contribution in [0.2, 0.25) is 0 Å². The SMILES string of the molecule is CC(C)c1ccc(OS(=O)(=O)c2cccc([N+](=O)[O-])c2)cc1. The molecule has 0 aliphatic rings. The molecule has 0 atom stereocenters. The van der Waals surface area contributed by atoms with E-state index in [2.05, 4.69) is 0 Å². The molecule has 0 aliphatic heterocycles. The van der Waals surface area contributed by atoms with Gasteiger partial charge in [0.15, 0.2) is 0 Å². The third-order valence-electron chi connectivity index (χ3n) is 3.07. The molecular formula is C15H15NO5S. The van der Waals surface area contributed by atoms with Crippen LogP contribution >= 0.6 is 0 Å². The summed E-state index contributed by atoms with van der Waals surface area (Å²) in [4.78, 5) is 9.80. The molecule has 116 valence electrons. The summed E-state index contributed by atoms with van der Waals surface area (Å²) >= 11 is 0. The third-order valence-corrected chi connectivity index (χ3v) is 4.31. The van der Waals surface area contributed by atoms with Crippen LogP contribution in [0.15, 0.2) is 53.4 Å². The van der Waals surface area contributed by atoms with Gasteiger partial charge in [-0.25, -0.2) is 0 Å². The van der Waals surface area contributed by atoms with Crippen molar-refractivity contribution < 1.29 is 17.5 Å². The first-order chi connectivity index (χ1) is 10.3. The highest BCUT2D eigenvalue weighted by atomic mass is 32.2. The van der Waals surface area contributed by atoms with Gasteiger partial charge in [-0.1, -0.05) is 32.0 Å². The van der Waals surface area contributed by atoms with Gasteiger partial charge in [0.1, 0.15) is 10.6 Å².